The molecular formula is C27H30Cl2N2O5S. The summed E-state index contributed by atoms with van der Waals surface area (Å²) >= 11 is 12.1. The lowest BCUT2D eigenvalue weighted by Gasteiger charge is -2.29. The first kappa shape index (κ1) is 29.1. The zero-order chi connectivity index (χ0) is 27.4. The van der Waals surface area contributed by atoms with E-state index in [1.807, 2.05) is 19.9 Å². The minimum absolute atomic E-state index is 0.0494. The fourth-order valence-corrected chi connectivity index (χ4v) is 5.50. The van der Waals surface area contributed by atoms with Crippen LogP contribution in [0, 0.1) is 0 Å². The molecule has 0 saturated heterocycles. The lowest BCUT2D eigenvalue weighted by molar-refractivity contribution is 0.0697. The Labute approximate surface area is 227 Å². The summed E-state index contributed by atoms with van der Waals surface area (Å²) in [5.41, 5.74) is 1.86. The van der Waals surface area contributed by atoms with Crippen LogP contribution in [0.2, 0.25) is 10.0 Å². The predicted octanol–water partition coefficient (Wildman–Crippen LogP) is 4.95. The van der Waals surface area contributed by atoms with E-state index >= 15 is 0 Å². The van der Waals surface area contributed by atoms with Crippen molar-refractivity contribution in [3.05, 3.63) is 87.9 Å². The molecule has 198 valence electrons. The number of β-amino-alcohol motifs (C(OH)–C–C–N with tert-alkyl or cyclic N) is 1. The van der Waals surface area contributed by atoms with Crippen molar-refractivity contribution in [2.24, 2.45) is 0 Å². The highest BCUT2D eigenvalue weighted by molar-refractivity contribution is 7.89. The average Bonchev–Trinajstić information content (AvgIpc) is 2.85. The summed E-state index contributed by atoms with van der Waals surface area (Å²) in [7, 11) is -2.49. The Kier molecular flexibility index (Phi) is 9.39. The molecule has 0 aliphatic heterocycles. The van der Waals surface area contributed by atoms with E-state index in [9.17, 15) is 23.4 Å². The normalized spacial score (nSPS) is 13.1. The molecule has 0 aromatic heterocycles. The third kappa shape index (κ3) is 7.77. The van der Waals surface area contributed by atoms with Gasteiger partial charge in [-0.05, 0) is 73.4 Å². The van der Waals surface area contributed by atoms with E-state index in [1.54, 1.807) is 36.4 Å². The number of carboxylic acids is 1. The van der Waals surface area contributed by atoms with Gasteiger partial charge in [-0.15, -0.1) is 0 Å². The van der Waals surface area contributed by atoms with Crippen molar-refractivity contribution in [2.45, 2.75) is 36.8 Å². The van der Waals surface area contributed by atoms with Crippen molar-refractivity contribution >= 4 is 39.2 Å². The van der Waals surface area contributed by atoms with Crippen molar-refractivity contribution in [3.63, 3.8) is 0 Å². The number of nitrogens with one attached hydrogen (secondary N) is 1. The van der Waals surface area contributed by atoms with Crippen LogP contribution in [0.4, 0.5) is 0 Å². The average molecular weight is 566 g/mol. The van der Waals surface area contributed by atoms with E-state index in [1.165, 1.54) is 31.3 Å². The number of carboxylic acid groups (broad SMARTS) is 1. The van der Waals surface area contributed by atoms with Gasteiger partial charge in [0.1, 0.15) is 0 Å². The van der Waals surface area contributed by atoms with Crippen LogP contribution in [-0.4, -0.2) is 60.7 Å². The summed E-state index contributed by atoms with van der Waals surface area (Å²) in [6, 6.07) is 18.0. The van der Waals surface area contributed by atoms with Crippen LogP contribution in [0.25, 0.3) is 11.1 Å². The standard InChI is InChI=1S/C27H30Cl2N2O5S/c1-27(2,15-18-10-11-24(28)25(29)12-18)30-16-22(32)17-31(3)37(35,36)23-9-5-7-20(14-23)19-6-4-8-21(13-19)26(33)34/h4-14,22,30,32H,15-17H2,1-3H3,(H,33,34). The molecule has 10 heteroatoms. The molecule has 3 aromatic rings. The Morgan fingerprint density at radius 1 is 1.00 bits per heavy atom. The minimum Gasteiger partial charge on any atom is -0.478 e. The molecule has 0 spiro atoms. The number of hydrogen-bond acceptors (Lipinski definition) is 5. The number of sulfonamides is 1. The number of rotatable bonds is 11. The van der Waals surface area contributed by atoms with Gasteiger partial charge in [0.25, 0.3) is 0 Å². The van der Waals surface area contributed by atoms with E-state index < -0.39 is 27.6 Å². The highest BCUT2D eigenvalue weighted by Crippen LogP contribution is 2.26. The highest BCUT2D eigenvalue weighted by atomic mass is 35.5. The van der Waals surface area contributed by atoms with Crippen molar-refractivity contribution < 1.29 is 23.4 Å². The van der Waals surface area contributed by atoms with Gasteiger partial charge in [-0.3, -0.25) is 0 Å². The Morgan fingerprint density at radius 2 is 1.65 bits per heavy atom. The van der Waals surface area contributed by atoms with E-state index in [4.69, 9.17) is 23.2 Å². The van der Waals surface area contributed by atoms with Crippen LogP contribution >= 0.6 is 23.2 Å². The zero-order valence-corrected chi connectivity index (χ0v) is 23.1. The number of aliphatic hydroxyl groups is 1. The zero-order valence-electron chi connectivity index (χ0n) is 20.8. The summed E-state index contributed by atoms with van der Waals surface area (Å²) in [5.74, 6) is -1.06. The van der Waals surface area contributed by atoms with Gasteiger partial charge < -0.3 is 15.5 Å². The summed E-state index contributed by atoms with van der Waals surface area (Å²) in [4.78, 5) is 11.3. The topological polar surface area (TPSA) is 107 Å². The number of nitrogens with zero attached hydrogens (tertiary/aromatic N) is 1. The van der Waals surface area contributed by atoms with Crippen LogP contribution in [-0.2, 0) is 16.4 Å². The molecular weight excluding hydrogens is 535 g/mol. The van der Waals surface area contributed by atoms with Gasteiger partial charge in [0.15, 0.2) is 0 Å². The van der Waals surface area contributed by atoms with Crippen molar-refractivity contribution in [3.8, 4) is 11.1 Å². The summed E-state index contributed by atoms with van der Waals surface area (Å²) in [6.45, 7) is 4.02. The molecule has 0 bridgehead atoms. The van der Waals surface area contributed by atoms with Gasteiger partial charge in [0.2, 0.25) is 10.0 Å². The van der Waals surface area contributed by atoms with E-state index in [-0.39, 0.29) is 23.5 Å². The molecule has 0 aliphatic carbocycles. The molecule has 0 amide bonds. The molecule has 0 aliphatic rings. The largest absolute Gasteiger partial charge is 0.478 e. The number of aromatic carboxylic acids is 1. The maximum absolute atomic E-state index is 13.2. The maximum Gasteiger partial charge on any atom is 0.335 e. The first-order chi connectivity index (χ1) is 17.3. The Hall–Kier alpha value is -2.46. The first-order valence-electron chi connectivity index (χ1n) is 11.6. The fraction of sp³-hybridized carbons (Fsp3) is 0.296. The summed E-state index contributed by atoms with van der Waals surface area (Å²) in [6.07, 6.45) is -0.330. The number of halogens is 2. The van der Waals surface area contributed by atoms with Crippen LogP contribution in [0.15, 0.2) is 71.6 Å². The number of benzene rings is 3. The Morgan fingerprint density at radius 3 is 2.30 bits per heavy atom. The summed E-state index contributed by atoms with van der Waals surface area (Å²) < 4.78 is 27.5. The third-order valence-electron chi connectivity index (χ3n) is 5.90. The van der Waals surface area contributed by atoms with Crippen molar-refractivity contribution in [1.29, 1.82) is 0 Å². The molecule has 37 heavy (non-hydrogen) atoms. The minimum atomic E-state index is -3.90. The van der Waals surface area contributed by atoms with Crippen molar-refractivity contribution in [2.75, 3.05) is 20.1 Å². The van der Waals surface area contributed by atoms with Gasteiger partial charge in [-0.1, -0.05) is 53.5 Å². The second-order valence-electron chi connectivity index (χ2n) is 9.54. The van der Waals surface area contributed by atoms with Gasteiger partial charge >= 0.3 is 5.97 Å². The first-order valence-corrected chi connectivity index (χ1v) is 13.8. The van der Waals surface area contributed by atoms with Gasteiger partial charge in [0.05, 0.1) is 26.6 Å². The highest BCUT2D eigenvalue weighted by Gasteiger charge is 2.25. The lowest BCUT2D eigenvalue weighted by atomic mass is 9.94. The molecule has 7 nitrogen and oxygen atoms in total. The van der Waals surface area contributed by atoms with Crippen LogP contribution < -0.4 is 5.32 Å². The lowest BCUT2D eigenvalue weighted by Crippen LogP contribution is -2.47. The quantitative estimate of drug-likeness (QED) is 0.304. The molecule has 0 heterocycles. The predicted molar refractivity (Wildman–Crippen MR) is 147 cm³/mol. The number of aliphatic hydroxyl groups excluding tert-OH is 1. The fourth-order valence-electron chi connectivity index (χ4n) is 3.92. The maximum atomic E-state index is 13.2. The number of likely N-dealkylation sites (N-methyl/N-ethyl adjacent to an activating group) is 1. The van der Waals surface area contributed by atoms with Gasteiger partial charge in [0, 0.05) is 25.7 Å². The monoisotopic (exact) mass is 564 g/mol. The van der Waals surface area contributed by atoms with E-state index in [0.717, 1.165) is 9.87 Å². The second kappa shape index (κ2) is 11.9. The molecule has 0 radical (unpaired) electrons. The van der Waals surface area contributed by atoms with Gasteiger partial charge in [-0.25, -0.2) is 13.2 Å². The molecule has 0 saturated carbocycles. The van der Waals surface area contributed by atoms with Crippen LogP contribution in [0.1, 0.15) is 29.8 Å². The molecule has 3 N–H and O–H groups in total. The SMILES string of the molecule is CN(CC(O)CNC(C)(C)Cc1ccc(Cl)c(Cl)c1)S(=O)(=O)c1cccc(-c2cccc(C(=O)O)c2)c1. The molecule has 3 rings (SSSR count). The molecule has 1 unspecified atom stereocenters. The third-order valence-corrected chi connectivity index (χ3v) is 8.46. The smallest absolute Gasteiger partial charge is 0.335 e. The Bertz CT molecular complexity index is 1380. The molecule has 0 fully saturated rings. The number of carbonyl (C=O) groups is 1. The second-order valence-corrected chi connectivity index (χ2v) is 12.4. The van der Waals surface area contributed by atoms with E-state index in [2.05, 4.69) is 5.32 Å². The Balaban J connectivity index is 1.65. The molecule has 1 atom stereocenters. The van der Waals surface area contributed by atoms with Crippen LogP contribution in [0.5, 0.6) is 0 Å². The van der Waals surface area contributed by atoms with E-state index in [0.29, 0.717) is 27.6 Å². The van der Waals surface area contributed by atoms with Crippen molar-refractivity contribution in [1.82, 2.24) is 9.62 Å². The summed E-state index contributed by atoms with van der Waals surface area (Å²) in [5, 5.41) is 24.1. The molecule has 3 aromatic carbocycles. The number of hydrogen-bond donors (Lipinski definition) is 3. The van der Waals surface area contributed by atoms with Gasteiger partial charge in [-0.2, -0.15) is 4.31 Å². The van der Waals surface area contributed by atoms with Crippen LogP contribution in [0.3, 0.4) is 0 Å².